The van der Waals surface area contributed by atoms with E-state index in [9.17, 15) is 0 Å². The number of aromatic nitrogens is 3. The minimum atomic E-state index is -0.151. The van der Waals surface area contributed by atoms with Crippen molar-refractivity contribution >= 4 is 21.9 Å². The van der Waals surface area contributed by atoms with Crippen molar-refractivity contribution in [2.24, 2.45) is 0 Å². The molecule has 0 aliphatic carbocycles. The van der Waals surface area contributed by atoms with Crippen LogP contribution in [0, 0.1) is 6.92 Å². The van der Waals surface area contributed by atoms with Crippen LogP contribution in [0.1, 0.15) is 45.0 Å². The second-order valence-electron chi connectivity index (χ2n) is 12.0. The van der Waals surface area contributed by atoms with E-state index >= 15 is 0 Å². The van der Waals surface area contributed by atoms with Gasteiger partial charge < -0.3 is 4.42 Å². The summed E-state index contributed by atoms with van der Waals surface area (Å²) in [4.78, 5) is 0. The number of furan rings is 1. The summed E-state index contributed by atoms with van der Waals surface area (Å²) in [6.07, 6.45) is 2.08. The SMILES string of the molecule is CCCC(C)(C)c1nnc(-c2ccc3oc4c(-c5ccccc5)cccc4c3c2)n1-c1ccc(-c2ccccc2)cc1C. The molecule has 0 aliphatic heterocycles. The third-order valence-electron chi connectivity index (χ3n) is 8.53. The predicted molar refractivity (Wildman–Crippen MR) is 178 cm³/mol. The fourth-order valence-electron chi connectivity index (χ4n) is 6.37. The molecule has 0 N–H and O–H groups in total. The summed E-state index contributed by atoms with van der Waals surface area (Å²) >= 11 is 0. The third kappa shape index (κ3) is 4.73. The van der Waals surface area contributed by atoms with Crippen LogP contribution in [0.15, 0.2) is 120 Å². The molecule has 0 saturated carbocycles. The van der Waals surface area contributed by atoms with E-state index in [0.717, 1.165) is 68.8 Å². The van der Waals surface area contributed by atoms with Gasteiger partial charge in [0, 0.05) is 27.3 Å². The Balaban J connectivity index is 1.41. The van der Waals surface area contributed by atoms with E-state index in [1.807, 2.05) is 6.07 Å². The van der Waals surface area contributed by atoms with Crippen molar-refractivity contribution < 1.29 is 4.42 Å². The van der Waals surface area contributed by atoms with Crippen LogP contribution in [-0.4, -0.2) is 14.8 Å². The van der Waals surface area contributed by atoms with E-state index in [1.165, 1.54) is 16.7 Å². The molecule has 0 fully saturated rings. The predicted octanol–water partition coefficient (Wildman–Crippen LogP) is 10.6. The van der Waals surface area contributed by atoms with Gasteiger partial charge in [0.15, 0.2) is 5.82 Å². The van der Waals surface area contributed by atoms with Gasteiger partial charge in [-0.15, -0.1) is 10.2 Å². The zero-order chi connectivity index (χ0) is 29.6. The highest BCUT2D eigenvalue weighted by molar-refractivity contribution is 6.10. The second kappa shape index (κ2) is 10.7. The van der Waals surface area contributed by atoms with Crippen LogP contribution in [0.5, 0.6) is 0 Å². The van der Waals surface area contributed by atoms with E-state index in [2.05, 4.69) is 141 Å². The van der Waals surface area contributed by atoms with Crippen LogP contribution < -0.4 is 0 Å². The summed E-state index contributed by atoms with van der Waals surface area (Å²) in [5.74, 6) is 1.81. The van der Waals surface area contributed by atoms with Crippen LogP contribution in [-0.2, 0) is 5.41 Å². The van der Waals surface area contributed by atoms with Crippen LogP contribution in [0.2, 0.25) is 0 Å². The quantitative estimate of drug-likeness (QED) is 0.194. The molecule has 43 heavy (non-hydrogen) atoms. The highest BCUT2D eigenvalue weighted by atomic mass is 16.3. The zero-order valence-electron chi connectivity index (χ0n) is 25.1. The summed E-state index contributed by atoms with van der Waals surface area (Å²) in [5.41, 5.74) is 9.55. The van der Waals surface area contributed by atoms with Crippen LogP contribution in [0.4, 0.5) is 0 Å². The van der Waals surface area contributed by atoms with Gasteiger partial charge in [0.25, 0.3) is 0 Å². The van der Waals surface area contributed by atoms with Crippen molar-refractivity contribution in [2.45, 2.75) is 46.0 Å². The summed E-state index contributed by atoms with van der Waals surface area (Å²) < 4.78 is 8.74. The topological polar surface area (TPSA) is 43.9 Å². The Bertz CT molecular complexity index is 2070. The maximum absolute atomic E-state index is 6.47. The Labute approximate surface area is 252 Å². The standard InChI is InChI=1S/C39H35N3O/c1-5-23-39(3,4)38-41-40-37(42(38)34-21-19-29(24-26(34)2)27-13-8-6-9-14-27)30-20-22-35-33(25-30)32-18-12-17-31(36(32)43-35)28-15-10-7-11-16-28/h6-22,24-25H,5,23H2,1-4H3. The van der Waals surface area contributed by atoms with Crippen LogP contribution >= 0.6 is 0 Å². The maximum atomic E-state index is 6.47. The van der Waals surface area contributed by atoms with E-state index in [0.29, 0.717) is 0 Å². The van der Waals surface area contributed by atoms with Crippen molar-refractivity contribution in [1.29, 1.82) is 0 Å². The molecule has 0 bridgehead atoms. The third-order valence-corrected chi connectivity index (χ3v) is 8.53. The first kappa shape index (κ1) is 26.9. The van der Waals surface area contributed by atoms with Crippen molar-refractivity contribution in [3.05, 3.63) is 127 Å². The van der Waals surface area contributed by atoms with Gasteiger partial charge >= 0.3 is 0 Å². The lowest BCUT2D eigenvalue weighted by atomic mass is 9.86. The summed E-state index contributed by atoms with van der Waals surface area (Å²) in [6.45, 7) is 8.95. The smallest absolute Gasteiger partial charge is 0.168 e. The summed E-state index contributed by atoms with van der Waals surface area (Å²) in [5, 5.41) is 11.9. The zero-order valence-corrected chi connectivity index (χ0v) is 25.1. The molecule has 0 amide bonds. The van der Waals surface area contributed by atoms with Crippen molar-refractivity contribution in [3.8, 4) is 39.3 Å². The number of hydrogen-bond donors (Lipinski definition) is 0. The van der Waals surface area contributed by atoms with Gasteiger partial charge in [-0.25, -0.2) is 0 Å². The molecule has 0 spiro atoms. The molecule has 212 valence electrons. The first-order valence-corrected chi connectivity index (χ1v) is 15.1. The van der Waals surface area contributed by atoms with Crippen LogP contribution in [0.3, 0.4) is 0 Å². The molecular weight excluding hydrogens is 526 g/mol. The maximum Gasteiger partial charge on any atom is 0.168 e. The second-order valence-corrected chi connectivity index (χ2v) is 12.0. The lowest BCUT2D eigenvalue weighted by molar-refractivity contribution is 0.437. The molecule has 7 rings (SSSR count). The Morgan fingerprint density at radius 2 is 1.40 bits per heavy atom. The van der Waals surface area contributed by atoms with E-state index in [4.69, 9.17) is 14.6 Å². The molecule has 7 aromatic rings. The largest absolute Gasteiger partial charge is 0.455 e. The minimum Gasteiger partial charge on any atom is -0.455 e. The number of nitrogens with zero attached hydrogens (tertiary/aromatic N) is 3. The fraction of sp³-hybridized carbons (Fsp3) is 0.179. The number of rotatable bonds is 7. The van der Waals surface area contributed by atoms with E-state index < -0.39 is 0 Å². The minimum absolute atomic E-state index is 0.151. The molecule has 5 aromatic carbocycles. The number of para-hydroxylation sites is 1. The fourth-order valence-corrected chi connectivity index (χ4v) is 6.37. The van der Waals surface area contributed by atoms with Crippen molar-refractivity contribution in [1.82, 2.24) is 14.8 Å². The van der Waals surface area contributed by atoms with E-state index in [1.54, 1.807) is 0 Å². The molecule has 0 unspecified atom stereocenters. The first-order chi connectivity index (χ1) is 20.9. The monoisotopic (exact) mass is 561 g/mol. The molecule has 4 heteroatoms. The Morgan fingerprint density at radius 1 is 0.674 bits per heavy atom. The number of benzene rings is 5. The molecule has 0 radical (unpaired) electrons. The average Bonchev–Trinajstić information content (AvgIpc) is 3.64. The van der Waals surface area contributed by atoms with Gasteiger partial charge in [-0.3, -0.25) is 4.57 Å². The van der Waals surface area contributed by atoms with Gasteiger partial charge in [-0.2, -0.15) is 0 Å². The Kier molecular flexibility index (Phi) is 6.70. The molecule has 0 saturated heterocycles. The summed E-state index contributed by atoms with van der Waals surface area (Å²) in [6, 6.07) is 40.4. The van der Waals surface area contributed by atoms with Gasteiger partial charge in [0.2, 0.25) is 0 Å². The molecule has 2 aromatic heterocycles. The Hall–Kier alpha value is -4.96. The van der Waals surface area contributed by atoms with Gasteiger partial charge in [-0.1, -0.05) is 112 Å². The molecule has 0 atom stereocenters. The normalized spacial score (nSPS) is 11.9. The van der Waals surface area contributed by atoms with Gasteiger partial charge in [0.05, 0.1) is 5.69 Å². The lowest BCUT2D eigenvalue weighted by Gasteiger charge is -2.25. The van der Waals surface area contributed by atoms with Crippen molar-refractivity contribution in [2.75, 3.05) is 0 Å². The molecule has 2 heterocycles. The molecular formula is C39H35N3O. The number of hydrogen-bond acceptors (Lipinski definition) is 3. The van der Waals surface area contributed by atoms with Gasteiger partial charge in [-0.05, 0) is 65.9 Å². The lowest BCUT2D eigenvalue weighted by Crippen LogP contribution is -2.23. The van der Waals surface area contributed by atoms with E-state index in [-0.39, 0.29) is 5.41 Å². The number of fused-ring (bicyclic) bond motifs is 3. The molecule has 0 aliphatic rings. The molecule has 4 nitrogen and oxygen atoms in total. The Morgan fingerprint density at radius 3 is 2.12 bits per heavy atom. The number of aryl methyl sites for hydroxylation is 1. The van der Waals surface area contributed by atoms with Crippen LogP contribution in [0.25, 0.3) is 61.3 Å². The average molecular weight is 562 g/mol. The summed E-state index contributed by atoms with van der Waals surface area (Å²) in [7, 11) is 0. The highest BCUT2D eigenvalue weighted by Crippen LogP contribution is 2.39. The first-order valence-electron chi connectivity index (χ1n) is 15.1. The van der Waals surface area contributed by atoms with Gasteiger partial charge in [0.1, 0.15) is 17.0 Å². The van der Waals surface area contributed by atoms with Crippen molar-refractivity contribution in [3.63, 3.8) is 0 Å². The highest BCUT2D eigenvalue weighted by Gasteiger charge is 2.30.